The van der Waals surface area contributed by atoms with Gasteiger partial charge in [0.1, 0.15) is 0 Å². The third-order valence-corrected chi connectivity index (χ3v) is 7.35. The van der Waals surface area contributed by atoms with Crippen LogP contribution in [0.15, 0.2) is 30.3 Å². The molecule has 1 fully saturated rings. The molecule has 8 heteroatoms. The zero-order valence-corrected chi connectivity index (χ0v) is 18.9. The molecule has 31 heavy (non-hydrogen) atoms. The quantitative estimate of drug-likeness (QED) is 0.638. The van der Waals surface area contributed by atoms with Crippen LogP contribution < -0.4 is 21.1 Å². The lowest BCUT2D eigenvalue weighted by molar-refractivity contribution is 0.0849. The molecule has 4 amide bonds. The summed E-state index contributed by atoms with van der Waals surface area (Å²) >= 11 is 1.51. The lowest BCUT2D eigenvalue weighted by Gasteiger charge is -2.33. The van der Waals surface area contributed by atoms with Crippen molar-refractivity contribution in [3.05, 3.63) is 51.2 Å². The number of hydrazine groups is 1. The molecule has 3 N–H and O–H groups in total. The summed E-state index contributed by atoms with van der Waals surface area (Å²) in [4.78, 5) is 40.2. The number of hydrogen-bond acceptors (Lipinski definition) is 4. The molecule has 0 bridgehead atoms. The van der Waals surface area contributed by atoms with Gasteiger partial charge >= 0.3 is 6.03 Å². The molecule has 1 aromatic carbocycles. The molecule has 1 aliphatic carbocycles. The Morgan fingerprint density at radius 2 is 1.84 bits per heavy atom. The summed E-state index contributed by atoms with van der Waals surface area (Å²) in [6.45, 7) is 8.01. The maximum atomic E-state index is 12.6. The number of nitrogens with zero attached hydrogens (tertiary/aromatic N) is 1. The first-order valence-corrected chi connectivity index (χ1v) is 11.4. The van der Waals surface area contributed by atoms with Crippen molar-refractivity contribution in [2.75, 3.05) is 18.0 Å². The van der Waals surface area contributed by atoms with Gasteiger partial charge in [0.25, 0.3) is 11.8 Å². The van der Waals surface area contributed by atoms with Crippen molar-refractivity contribution in [3.63, 3.8) is 0 Å². The van der Waals surface area contributed by atoms with E-state index in [1.54, 1.807) is 29.2 Å². The van der Waals surface area contributed by atoms with Gasteiger partial charge in [-0.2, -0.15) is 0 Å². The number of anilines is 1. The Morgan fingerprint density at radius 1 is 1.13 bits per heavy atom. The normalized spacial score (nSPS) is 18.4. The van der Waals surface area contributed by atoms with Crippen LogP contribution in [0.3, 0.4) is 0 Å². The molecular weight excluding hydrogens is 412 g/mol. The third kappa shape index (κ3) is 4.58. The van der Waals surface area contributed by atoms with E-state index in [1.165, 1.54) is 21.8 Å². The number of amides is 4. The molecule has 1 unspecified atom stereocenters. The van der Waals surface area contributed by atoms with Crippen LogP contribution in [0.1, 0.15) is 57.7 Å². The Morgan fingerprint density at radius 3 is 2.48 bits per heavy atom. The molecule has 1 aliphatic heterocycles. The summed E-state index contributed by atoms with van der Waals surface area (Å²) < 4.78 is 0. The minimum absolute atomic E-state index is 0.142. The zero-order valence-electron chi connectivity index (χ0n) is 18.1. The number of nitrogens with one attached hydrogen (secondary N) is 3. The molecule has 0 spiro atoms. The third-order valence-electron chi connectivity index (χ3n) is 6.12. The average molecular weight is 441 g/mol. The van der Waals surface area contributed by atoms with Gasteiger partial charge in [-0.3, -0.25) is 25.3 Å². The number of carbonyl (C=O) groups is 3. The molecule has 164 valence electrons. The van der Waals surface area contributed by atoms with Crippen LogP contribution in [-0.2, 0) is 12.8 Å². The second-order valence-electron chi connectivity index (χ2n) is 9.20. The predicted molar refractivity (Wildman–Crippen MR) is 121 cm³/mol. The van der Waals surface area contributed by atoms with Crippen molar-refractivity contribution in [1.82, 2.24) is 16.2 Å². The smallest absolute Gasteiger partial charge is 0.321 e. The van der Waals surface area contributed by atoms with Crippen LogP contribution in [-0.4, -0.2) is 30.9 Å². The summed E-state index contributed by atoms with van der Waals surface area (Å²) in [6.07, 6.45) is 3.14. The topological polar surface area (TPSA) is 90.5 Å². The van der Waals surface area contributed by atoms with Gasteiger partial charge in [0.15, 0.2) is 0 Å². The highest BCUT2D eigenvalue weighted by atomic mass is 32.1. The van der Waals surface area contributed by atoms with Crippen molar-refractivity contribution in [2.24, 2.45) is 11.3 Å². The van der Waals surface area contributed by atoms with E-state index < -0.39 is 5.91 Å². The van der Waals surface area contributed by atoms with Crippen molar-refractivity contribution in [2.45, 2.75) is 40.0 Å². The van der Waals surface area contributed by atoms with Gasteiger partial charge in [-0.25, -0.2) is 4.79 Å². The molecule has 0 radical (unpaired) electrons. The van der Waals surface area contributed by atoms with Crippen LogP contribution >= 0.6 is 11.3 Å². The van der Waals surface area contributed by atoms with Crippen molar-refractivity contribution >= 4 is 34.9 Å². The van der Waals surface area contributed by atoms with E-state index in [2.05, 4.69) is 36.9 Å². The summed E-state index contributed by atoms with van der Waals surface area (Å²) in [5.74, 6) is -0.0925. The number of hydrogen-bond donors (Lipinski definition) is 3. The van der Waals surface area contributed by atoms with Crippen molar-refractivity contribution in [3.8, 4) is 0 Å². The van der Waals surface area contributed by atoms with E-state index in [9.17, 15) is 14.4 Å². The highest BCUT2D eigenvalue weighted by molar-refractivity contribution is 7.14. The van der Waals surface area contributed by atoms with Gasteiger partial charge in [-0.15, -0.1) is 11.3 Å². The van der Waals surface area contributed by atoms with Crippen molar-refractivity contribution in [1.29, 1.82) is 0 Å². The number of carbonyl (C=O) groups excluding carboxylic acids is 3. The monoisotopic (exact) mass is 440 g/mol. The van der Waals surface area contributed by atoms with Gasteiger partial charge < -0.3 is 5.32 Å². The first-order chi connectivity index (χ1) is 14.7. The Kier molecular flexibility index (Phi) is 5.75. The van der Waals surface area contributed by atoms with Gasteiger partial charge in [0.2, 0.25) is 0 Å². The summed E-state index contributed by atoms with van der Waals surface area (Å²) in [6, 6.07) is 8.55. The number of aryl methyl sites for hydroxylation is 1. The zero-order chi connectivity index (χ0) is 22.2. The highest BCUT2D eigenvalue weighted by Crippen LogP contribution is 2.40. The van der Waals surface area contributed by atoms with Crippen LogP contribution in [0.4, 0.5) is 10.5 Å². The SMILES string of the molecule is CC(C)(C)C1CCc2sc(C(=O)NNC(=O)c3ccc(N4CCNC4=O)cc3)cc2C1. The Balaban J connectivity index is 1.34. The second kappa shape index (κ2) is 8.34. The minimum Gasteiger partial charge on any atom is -0.336 e. The number of fused-ring (bicyclic) bond motifs is 1. The fraction of sp³-hybridized carbons (Fsp3) is 0.435. The van der Waals surface area contributed by atoms with E-state index in [0.29, 0.717) is 29.4 Å². The Labute approximate surface area is 186 Å². The van der Waals surface area contributed by atoms with Crippen LogP contribution in [0, 0.1) is 11.3 Å². The fourth-order valence-corrected chi connectivity index (χ4v) is 5.24. The standard InChI is InChI=1S/C23H28N4O3S/c1-23(2,3)16-6-9-18-15(12-16)13-19(31-18)21(29)26-25-20(28)14-4-7-17(8-5-14)27-11-10-24-22(27)30/h4-5,7-8,13,16H,6,9-12H2,1-3H3,(H,24,30)(H,25,28)(H,26,29). The van der Waals surface area contributed by atoms with Gasteiger partial charge in [0, 0.05) is 29.2 Å². The van der Waals surface area contributed by atoms with E-state index in [0.717, 1.165) is 24.9 Å². The second-order valence-corrected chi connectivity index (χ2v) is 10.3. The lowest BCUT2D eigenvalue weighted by atomic mass is 9.72. The number of urea groups is 1. The minimum atomic E-state index is -0.403. The number of rotatable bonds is 3. The number of benzene rings is 1. The van der Waals surface area contributed by atoms with Crippen LogP contribution in [0.25, 0.3) is 0 Å². The summed E-state index contributed by atoms with van der Waals surface area (Å²) in [5.41, 5.74) is 7.65. The van der Waals surface area contributed by atoms with Crippen LogP contribution in [0.2, 0.25) is 0 Å². The Bertz CT molecular complexity index is 1010. The van der Waals surface area contributed by atoms with E-state index >= 15 is 0 Å². The van der Waals surface area contributed by atoms with Gasteiger partial charge in [0.05, 0.1) is 4.88 Å². The largest absolute Gasteiger partial charge is 0.336 e. The average Bonchev–Trinajstić information content (AvgIpc) is 3.36. The van der Waals surface area contributed by atoms with E-state index in [-0.39, 0.29) is 17.4 Å². The molecule has 0 saturated carbocycles. The maximum absolute atomic E-state index is 12.6. The first kappa shape index (κ1) is 21.4. The van der Waals surface area contributed by atoms with E-state index in [1.807, 2.05) is 6.07 Å². The molecule has 2 aromatic rings. The highest BCUT2D eigenvalue weighted by Gasteiger charge is 2.30. The van der Waals surface area contributed by atoms with Crippen LogP contribution in [0.5, 0.6) is 0 Å². The molecule has 7 nitrogen and oxygen atoms in total. The summed E-state index contributed by atoms with van der Waals surface area (Å²) in [5, 5.41) is 2.74. The molecule has 1 atom stereocenters. The first-order valence-electron chi connectivity index (χ1n) is 10.6. The predicted octanol–water partition coefficient (Wildman–Crippen LogP) is 3.50. The Hall–Kier alpha value is -2.87. The van der Waals surface area contributed by atoms with Gasteiger partial charge in [-0.05, 0) is 66.5 Å². The summed E-state index contributed by atoms with van der Waals surface area (Å²) in [7, 11) is 0. The van der Waals surface area contributed by atoms with Crippen molar-refractivity contribution < 1.29 is 14.4 Å². The molecular formula is C23H28N4O3S. The molecule has 4 rings (SSSR count). The maximum Gasteiger partial charge on any atom is 0.321 e. The molecule has 2 heterocycles. The molecule has 1 saturated heterocycles. The lowest BCUT2D eigenvalue weighted by Crippen LogP contribution is -2.41. The van der Waals surface area contributed by atoms with E-state index in [4.69, 9.17) is 0 Å². The molecule has 2 aliphatic rings. The van der Waals surface area contributed by atoms with Gasteiger partial charge in [-0.1, -0.05) is 20.8 Å². The number of thiophene rings is 1. The fourth-order valence-electron chi connectivity index (χ4n) is 4.13. The molecule has 1 aromatic heterocycles.